The van der Waals surface area contributed by atoms with Crippen LogP contribution in [0.25, 0.3) is 21.5 Å². The van der Waals surface area contributed by atoms with Gasteiger partial charge in [0.2, 0.25) is 0 Å². The highest BCUT2D eigenvalue weighted by Crippen LogP contribution is 2.53. The fourth-order valence-electron chi connectivity index (χ4n) is 7.16. The molecule has 0 amide bonds. The number of benzene rings is 5. The summed E-state index contributed by atoms with van der Waals surface area (Å²) in [4.78, 5) is 0. The Balaban J connectivity index is 1.13. The second-order valence-corrected chi connectivity index (χ2v) is 13.5. The van der Waals surface area contributed by atoms with E-state index in [1.54, 1.807) is 0 Å². The summed E-state index contributed by atoms with van der Waals surface area (Å²) in [6, 6.07) is 25.9. The smallest absolute Gasteiger partial charge is 0.132 e. The summed E-state index contributed by atoms with van der Waals surface area (Å²) in [7, 11) is 0. The van der Waals surface area contributed by atoms with Crippen molar-refractivity contribution in [1.29, 1.82) is 0 Å². The van der Waals surface area contributed by atoms with Gasteiger partial charge in [-0.2, -0.15) is 0 Å². The van der Waals surface area contributed by atoms with E-state index in [0.717, 1.165) is 112 Å². The number of aryl methyl sites for hydroxylation is 2. The van der Waals surface area contributed by atoms with Crippen LogP contribution in [0.3, 0.4) is 0 Å². The molecule has 4 heterocycles. The van der Waals surface area contributed by atoms with Crippen molar-refractivity contribution in [2.75, 3.05) is 39.6 Å². The van der Waals surface area contributed by atoms with Crippen molar-refractivity contribution in [2.24, 2.45) is 0 Å². The maximum absolute atomic E-state index is 6.74. The normalized spacial score (nSPS) is 21.7. The Bertz CT molecular complexity index is 1880. The van der Waals surface area contributed by atoms with Gasteiger partial charge in [0.25, 0.3) is 0 Å². The zero-order chi connectivity index (χ0) is 32.2. The van der Waals surface area contributed by atoms with Crippen molar-refractivity contribution in [2.45, 2.75) is 57.3 Å². The molecule has 246 valence electrons. The van der Waals surface area contributed by atoms with Crippen molar-refractivity contribution < 1.29 is 33.2 Å². The molecular weight excluding hydrogens is 604 g/mol. The fraction of sp³-hybridized carbons (Fsp3) is 0.366. The summed E-state index contributed by atoms with van der Waals surface area (Å²) in [5, 5.41) is 4.55. The van der Waals surface area contributed by atoms with Crippen LogP contribution >= 0.6 is 0 Å². The lowest BCUT2D eigenvalue weighted by atomic mass is 9.77. The third kappa shape index (κ3) is 6.07. The van der Waals surface area contributed by atoms with Gasteiger partial charge < -0.3 is 33.2 Å². The first-order chi connectivity index (χ1) is 23.6. The molecule has 0 aliphatic carbocycles. The van der Waals surface area contributed by atoms with Crippen molar-refractivity contribution in [3.8, 4) is 28.7 Å². The molecule has 3 atom stereocenters. The van der Waals surface area contributed by atoms with Crippen LogP contribution in [-0.4, -0.2) is 58.0 Å². The molecule has 4 aliphatic rings. The van der Waals surface area contributed by atoms with Gasteiger partial charge in [0.1, 0.15) is 28.7 Å². The first-order valence-corrected chi connectivity index (χ1v) is 17.2. The SMILES string of the molecule is Cc1cc(C2c3c(ccc4cc(OCCC5CO5)ccc34)Oc3ccc4cc(OCCC5CO5)ccc4c32)cc(C)c1OCCC1CO1. The second kappa shape index (κ2) is 12.3. The van der Waals surface area contributed by atoms with Crippen LogP contribution in [0.2, 0.25) is 0 Å². The molecule has 5 aromatic rings. The van der Waals surface area contributed by atoms with Crippen molar-refractivity contribution in [3.63, 3.8) is 0 Å². The Kier molecular flexibility index (Phi) is 7.64. The fourth-order valence-corrected chi connectivity index (χ4v) is 7.16. The van der Waals surface area contributed by atoms with Crippen LogP contribution in [0.15, 0.2) is 72.8 Å². The highest BCUT2D eigenvalue weighted by atomic mass is 16.6. The summed E-state index contributed by atoms with van der Waals surface area (Å²) < 4.78 is 41.5. The first kappa shape index (κ1) is 29.8. The Morgan fingerprint density at radius 3 is 1.48 bits per heavy atom. The summed E-state index contributed by atoms with van der Waals surface area (Å²) in [5.41, 5.74) is 5.79. The summed E-state index contributed by atoms with van der Waals surface area (Å²) >= 11 is 0. The Labute approximate surface area is 280 Å². The highest BCUT2D eigenvalue weighted by molar-refractivity contribution is 5.96. The molecule has 7 heteroatoms. The lowest BCUT2D eigenvalue weighted by Gasteiger charge is -2.32. The monoisotopic (exact) mass is 644 g/mol. The maximum Gasteiger partial charge on any atom is 0.132 e. The molecule has 0 N–H and O–H groups in total. The van der Waals surface area contributed by atoms with E-state index in [1.165, 1.54) is 5.56 Å². The van der Waals surface area contributed by atoms with E-state index in [1.807, 2.05) is 0 Å². The number of ether oxygens (including phenoxy) is 7. The zero-order valence-corrected chi connectivity index (χ0v) is 27.5. The van der Waals surface area contributed by atoms with Gasteiger partial charge in [-0.3, -0.25) is 0 Å². The quantitative estimate of drug-likeness (QED) is 0.117. The number of hydrogen-bond donors (Lipinski definition) is 0. The molecule has 0 bridgehead atoms. The van der Waals surface area contributed by atoms with Gasteiger partial charge in [-0.1, -0.05) is 36.4 Å². The van der Waals surface area contributed by atoms with Crippen molar-refractivity contribution >= 4 is 21.5 Å². The van der Waals surface area contributed by atoms with Crippen LogP contribution in [0.4, 0.5) is 0 Å². The molecule has 0 radical (unpaired) electrons. The molecule has 48 heavy (non-hydrogen) atoms. The first-order valence-electron chi connectivity index (χ1n) is 17.2. The number of fused-ring (bicyclic) bond motifs is 6. The molecule has 9 rings (SSSR count). The van der Waals surface area contributed by atoms with Crippen molar-refractivity contribution in [3.05, 3.63) is 101 Å². The van der Waals surface area contributed by atoms with E-state index in [2.05, 4.69) is 86.6 Å². The topological polar surface area (TPSA) is 74.5 Å². The minimum absolute atomic E-state index is 0.0694. The van der Waals surface area contributed by atoms with Gasteiger partial charge in [-0.05, 0) is 88.5 Å². The third-order valence-electron chi connectivity index (χ3n) is 9.91. The van der Waals surface area contributed by atoms with Crippen LogP contribution in [0.1, 0.15) is 53.0 Å². The van der Waals surface area contributed by atoms with E-state index in [9.17, 15) is 0 Å². The van der Waals surface area contributed by atoms with Crippen molar-refractivity contribution in [1.82, 2.24) is 0 Å². The van der Waals surface area contributed by atoms with Crippen LogP contribution < -0.4 is 18.9 Å². The molecule has 4 aliphatic heterocycles. The molecule has 5 aromatic carbocycles. The van der Waals surface area contributed by atoms with Crippen LogP contribution in [0.5, 0.6) is 28.7 Å². The Hall–Kier alpha value is -4.30. The Morgan fingerprint density at radius 1 is 0.562 bits per heavy atom. The molecule has 7 nitrogen and oxygen atoms in total. The van der Waals surface area contributed by atoms with E-state index in [4.69, 9.17) is 33.2 Å². The van der Waals surface area contributed by atoms with E-state index in [-0.39, 0.29) is 5.92 Å². The molecule has 3 saturated heterocycles. The van der Waals surface area contributed by atoms with Gasteiger partial charge in [-0.15, -0.1) is 0 Å². The predicted molar refractivity (Wildman–Crippen MR) is 184 cm³/mol. The number of epoxide rings is 3. The average molecular weight is 645 g/mol. The van der Waals surface area contributed by atoms with Gasteiger partial charge in [0, 0.05) is 36.3 Å². The maximum atomic E-state index is 6.74. The highest BCUT2D eigenvalue weighted by Gasteiger charge is 2.33. The van der Waals surface area contributed by atoms with Gasteiger partial charge >= 0.3 is 0 Å². The van der Waals surface area contributed by atoms with E-state index >= 15 is 0 Å². The van der Waals surface area contributed by atoms with Crippen LogP contribution in [0, 0.1) is 13.8 Å². The van der Waals surface area contributed by atoms with Crippen LogP contribution in [-0.2, 0) is 14.2 Å². The number of hydrogen-bond acceptors (Lipinski definition) is 7. The lowest BCUT2D eigenvalue weighted by molar-refractivity contribution is 0.280. The molecule has 3 fully saturated rings. The van der Waals surface area contributed by atoms with Gasteiger partial charge in [0.05, 0.1) is 58.0 Å². The summed E-state index contributed by atoms with van der Waals surface area (Å²) in [6.45, 7) is 8.78. The minimum Gasteiger partial charge on any atom is -0.493 e. The summed E-state index contributed by atoms with van der Waals surface area (Å²) in [6.07, 6.45) is 3.78. The number of rotatable bonds is 13. The molecule has 3 unspecified atom stereocenters. The molecule has 0 aromatic heterocycles. The van der Waals surface area contributed by atoms with Gasteiger partial charge in [-0.25, -0.2) is 0 Å². The third-order valence-corrected chi connectivity index (χ3v) is 9.91. The molecule has 0 saturated carbocycles. The predicted octanol–water partition coefficient (Wildman–Crippen LogP) is 8.40. The van der Waals surface area contributed by atoms with E-state index in [0.29, 0.717) is 38.1 Å². The average Bonchev–Trinajstić information content (AvgIpc) is 3.93. The second-order valence-electron chi connectivity index (χ2n) is 13.5. The minimum atomic E-state index is -0.0694. The zero-order valence-electron chi connectivity index (χ0n) is 27.5. The van der Waals surface area contributed by atoms with Gasteiger partial charge in [0.15, 0.2) is 0 Å². The standard InChI is InChI=1S/C41H40O7/c1-24-17-28(18-25(2)41(24)44-16-13-33-23-47-33)38-39-34-7-5-29(42-14-11-31-21-45-31)19-26(34)3-9-36(39)48-37-10-4-27-20-30(6-8-35(27)40(37)38)43-15-12-32-22-46-32/h3-10,17-20,31-33,38H,11-16,21-23H2,1-2H3. The summed E-state index contributed by atoms with van der Waals surface area (Å²) in [5.74, 6) is 4.38. The molecular formula is C41H40O7. The molecule has 0 spiro atoms. The van der Waals surface area contributed by atoms with E-state index < -0.39 is 0 Å². The lowest BCUT2D eigenvalue weighted by Crippen LogP contribution is -2.14. The Morgan fingerprint density at radius 2 is 1.02 bits per heavy atom. The largest absolute Gasteiger partial charge is 0.493 e.